The Morgan fingerprint density at radius 3 is 2.90 bits per heavy atom. The van der Waals surface area contributed by atoms with Crippen LogP contribution < -0.4 is 4.72 Å². The number of aromatic nitrogens is 2. The maximum atomic E-state index is 12.1. The van der Waals surface area contributed by atoms with Crippen LogP contribution in [0.3, 0.4) is 0 Å². The molecular formula is C13H14N4O2S. The van der Waals surface area contributed by atoms with E-state index in [0.717, 1.165) is 5.56 Å². The van der Waals surface area contributed by atoms with Crippen molar-refractivity contribution in [1.29, 1.82) is 5.26 Å². The van der Waals surface area contributed by atoms with Gasteiger partial charge in [0.05, 0.1) is 22.7 Å². The van der Waals surface area contributed by atoms with Crippen LogP contribution in [0.5, 0.6) is 0 Å². The number of nitriles is 1. The van der Waals surface area contributed by atoms with Crippen LogP contribution in [0.1, 0.15) is 11.1 Å². The minimum atomic E-state index is -3.58. The minimum absolute atomic E-state index is 0.0998. The van der Waals surface area contributed by atoms with Gasteiger partial charge in [-0.1, -0.05) is 6.07 Å². The first-order valence-corrected chi connectivity index (χ1v) is 7.47. The summed E-state index contributed by atoms with van der Waals surface area (Å²) in [6, 6.07) is 7.85. The van der Waals surface area contributed by atoms with E-state index < -0.39 is 10.0 Å². The Morgan fingerprint density at radius 2 is 2.25 bits per heavy atom. The summed E-state index contributed by atoms with van der Waals surface area (Å²) >= 11 is 0. The Balaban J connectivity index is 2.02. The highest BCUT2D eigenvalue weighted by molar-refractivity contribution is 7.89. The van der Waals surface area contributed by atoms with Crippen molar-refractivity contribution in [3.8, 4) is 6.07 Å². The zero-order valence-corrected chi connectivity index (χ0v) is 11.8. The lowest BCUT2D eigenvalue weighted by Gasteiger charge is -2.06. The average Bonchev–Trinajstić information content (AvgIpc) is 2.84. The minimum Gasteiger partial charge on any atom is -0.276 e. The molecular weight excluding hydrogens is 276 g/mol. The predicted molar refractivity (Wildman–Crippen MR) is 73.3 cm³/mol. The molecule has 0 fully saturated rings. The monoisotopic (exact) mass is 290 g/mol. The Labute approximate surface area is 117 Å². The molecule has 0 aliphatic rings. The fourth-order valence-corrected chi connectivity index (χ4v) is 2.82. The van der Waals surface area contributed by atoms with Crippen molar-refractivity contribution < 1.29 is 8.42 Å². The number of sulfonamides is 1. The summed E-state index contributed by atoms with van der Waals surface area (Å²) < 4.78 is 28.3. The lowest BCUT2D eigenvalue weighted by atomic mass is 10.2. The molecule has 0 aliphatic carbocycles. The summed E-state index contributed by atoms with van der Waals surface area (Å²) in [4.78, 5) is 0.0998. The number of hydrogen-bond donors (Lipinski definition) is 1. The Hall–Kier alpha value is -2.17. The van der Waals surface area contributed by atoms with Gasteiger partial charge in [-0.3, -0.25) is 4.68 Å². The van der Waals surface area contributed by atoms with E-state index in [0.29, 0.717) is 12.0 Å². The zero-order chi connectivity index (χ0) is 14.6. The Kier molecular flexibility index (Phi) is 4.17. The first-order valence-electron chi connectivity index (χ1n) is 5.98. The van der Waals surface area contributed by atoms with Crippen LogP contribution in [0, 0.1) is 11.3 Å². The predicted octanol–water partition coefficient (Wildman–Crippen LogP) is 0.813. The molecule has 0 atom stereocenters. The third-order valence-corrected chi connectivity index (χ3v) is 4.20. The Morgan fingerprint density at radius 1 is 1.45 bits per heavy atom. The molecule has 7 heteroatoms. The summed E-state index contributed by atoms with van der Waals surface area (Å²) in [5.41, 5.74) is 1.28. The van der Waals surface area contributed by atoms with Gasteiger partial charge in [0, 0.05) is 19.8 Å². The second kappa shape index (κ2) is 5.86. The van der Waals surface area contributed by atoms with Gasteiger partial charge in [0.2, 0.25) is 10.0 Å². The molecule has 104 valence electrons. The topological polar surface area (TPSA) is 87.8 Å². The first kappa shape index (κ1) is 14.2. The van der Waals surface area contributed by atoms with Crippen LogP contribution in [-0.4, -0.2) is 24.7 Å². The number of aryl methyl sites for hydroxylation is 1. The van der Waals surface area contributed by atoms with E-state index in [1.165, 1.54) is 12.1 Å². The zero-order valence-electron chi connectivity index (χ0n) is 10.9. The fourth-order valence-electron chi connectivity index (χ4n) is 1.75. The average molecular weight is 290 g/mol. The van der Waals surface area contributed by atoms with Crippen molar-refractivity contribution >= 4 is 10.0 Å². The molecule has 1 aromatic carbocycles. The van der Waals surface area contributed by atoms with E-state index in [2.05, 4.69) is 9.82 Å². The molecule has 2 rings (SSSR count). The van der Waals surface area contributed by atoms with Gasteiger partial charge in [0.15, 0.2) is 0 Å². The molecule has 0 saturated heterocycles. The van der Waals surface area contributed by atoms with E-state index in [4.69, 9.17) is 5.26 Å². The maximum absolute atomic E-state index is 12.1. The number of rotatable bonds is 5. The third-order valence-electron chi connectivity index (χ3n) is 2.74. The van der Waals surface area contributed by atoms with E-state index in [1.807, 2.05) is 12.3 Å². The lowest BCUT2D eigenvalue weighted by molar-refractivity contribution is 0.581. The van der Waals surface area contributed by atoms with Gasteiger partial charge in [-0.25, -0.2) is 13.1 Å². The summed E-state index contributed by atoms with van der Waals surface area (Å²) in [6.07, 6.45) is 4.10. The molecule has 0 radical (unpaired) electrons. The molecule has 0 bridgehead atoms. The van der Waals surface area contributed by atoms with Crippen LogP contribution in [0.4, 0.5) is 0 Å². The quantitative estimate of drug-likeness (QED) is 0.882. The highest BCUT2D eigenvalue weighted by Gasteiger charge is 2.13. The van der Waals surface area contributed by atoms with E-state index in [-0.39, 0.29) is 11.4 Å². The molecule has 1 aromatic heterocycles. The molecule has 0 aliphatic heterocycles. The van der Waals surface area contributed by atoms with Crippen LogP contribution in [0.2, 0.25) is 0 Å². The summed E-state index contributed by atoms with van der Waals surface area (Å²) in [7, 11) is -1.78. The molecule has 1 N–H and O–H groups in total. The molecule has 2 aromatic rings. The first-order chi connectivity index (χ1) is 9.51. The SMILES string of the molecule is Cn1cc(CCNS(=O)(=O)c2cccc(C#N)c2)cn1. The molecule has 6 nitrogen and oxygen atoms in total. The Bertz CT molecular complexity index is 744. The van der Waals surface area contributed by atoms with Crippen LogP contribution in [-0.2, 0) is 23.5 Å². The van der Waals surface area contributed by atoms with E-state index in [9.17, 15) is 8.42 Å². The van der Waals surface area contributed by atoms with Crippen molar-refractivity contribution in [2.45, 2.75) is 11.3 Å². The van der Waals surface area contributed by atoms with Gasteiger partial charge in [0.1, 0.15) is 0 Å². The molecule has 1 heterocycles. The van der Waals surface area contributed by atoms with E-state index in [1.54, 1.807) is 30.1 Å². The smallest absolute Gasteiger partial charge is 0.240 e. The van der Waals surface area contributed by atoms with Crippen molar-refractivity contribution in [3.63, 3.8) is 0 Å². The van der Waals surface area contributed by atoms with Gasteiger partial charge in [-0.2, -0.15) is 10.4 Å². The molecule has 0 spiro atoms. The lowest BCUT2D eigenvalue weighted by Crippen LogP contribution is -2.26. The third kappa shape index (κ3) is 3.44. The summed E-state index contributed by atoms with van der Waals surface area (Å²) in [5.74, 6) is 0. The van der Waals surface area contributed by atoms with Crippen molar-refractivity contribution in [3.05, 3.63) is 47.8 Å². The highest BCUT2D eigenvalue weighted by Crippen LogP contribution is 2.10. The second-order valence-corrected chi connectivity index (χ2v) is 6.08. The maximum Gasteiger partial charge on any atom is 0.240 e. The van der Waals surface area contributed by atoms with Crippen LogP contribution in [0.15, 0.2) is 41.6 Å². The van der Waals surface area contributed by atoms with Gasteiger partial charge in [0.25, 0.3) is 0 Å². The fraction of sp³-hybridized carbons (Fsp3) is 0.231. The number of nitrogens with zero attached hydrogens (tertiary/aromatic N) is 3. The largest absolute Gasteiger partial charge is 0.276 e. The second-order valence-electron chi connectivity index (χ2n) is 4.31. The molecule has 0 unspecified atom stereocenters. The van der Waals surface area contributed by atoms with Crippen molar-refractivity contribution in [2.24, 2.45) is 7.05 Å². The van der Waals surface area contributed by atoms with Crippen molar-refractivity contribution in [2.75, 3.05) is 6.54 Å². The number of benzene rings is 1. The van der Waals surface area contributed by atoms with Crippen LogP contribution >= 0.6 is 0 Å². The van der Waals surface area contributed by atoms with Crippen molar-refractivity contribution in [1.82, 2.24) is 14.5 Å². The molecule has 20 heavy (non-hydrogen) atoms. The standard InChI is InChI=1S/C13H14N4O2S/c1-17-10-12(9-15-17)5-6-16-20(18,19)13-4-2-3-11(7-13)8-14/h2-4,7,9-10,16H,5-6H2,1H3. The summed E-state index contributed by atoms with van der Waals surface area (Å²) in [5, 5.41) is 12.8. The van der Waals surface area contributed by atoms with E-state index >= 15 is 0 Å². The molecule has 0 saturated carbocycles. The van der Waals surface area contributed by atoms with Gasteiger partial charge in [-0.05, 0) is 30.2 Å². The normalized spacial score (nSPS) is 11.2. The summed E-state index contributed by atoms with van der Waals surface area (Å²) in [6.45, 7) is 0.283. The van der Waals surface area contributed by atoms with Gasteiger partial charge in [-0.15, -0.1) is 0 Å². The highest BCUT2D eigenvalue weighted by atomic mass is 32.2. The number of hydrogen-bond acceptors (Lipinski definition) is 4. The number of nitrogens with one attached hydrogen (secondary N) is 1. The van der Waals surface area contributed by atoms with Crippen LogP contribution in [0.25, 0.3) is 0 Å². The molecule has 0 amide bonds. The van der Waals surface area contributed by atoms with Gasteiger partial charge >= 0.3 is 0 Å². The van der Waals surface area contributed by atoms with Gasteiger partial charge < -0.3 is 0 Å².